The number of nitrogen functional groups attached to an aromatic ring is 1. The minimum absolute atomic E-state index is 0.179. The molecule has 0 unspecified atom stereocenters. The molecule has 0 atom stereocenters. The first-order chi connectivity index (χ1) is 9.91. The Labute approximate surface area is 123 Å². The zero-order valence-corrected chi connectivity index (χ0v) is 13.0. The molecule has 1 fully saturated rings. The molecule has 3 rings (SSSR count). The van der Waals surface area contributed by atoms with Gasteiger partial charge in [0.05, 0.1) is 35.3 Å². The van der Waals surface area contributed by atoms with E-state index in [2.05, 4.69) is 4.98 Å². The van der Waals surface area contributed by atoms with Crippen LogP contribution in [0.5, 0.6) is 5.75 Å². The van der Waals surface area contributed by atoms with Gasteiger partial charge in [-0.2, -0.15) is 0 Å². The molecule has 0 spiro atoms. The standard InChI is InChI=1S/C14H19N3O3S/c1-17-12-7-10(15)13(20-2)8-11(12)16-14(17)9-3-5-21(18,19)6-4-9/h7-9H,3-6,15H2,1-2H3. The normalized spacial score (nSPS) is 19.0. The summed E-state index contributed by atoms with van der Waals surface area (Å²) in [5, 5.41) is 0. The molecule has 2 aromatic rings. The van der Waals surface area contributed by atoms with Crippen molar-refractivity contribution in [3.63, 3.8) is 0 Å². The predicted octanol–water partition coefficient (Wildman–Crippen LogP) is 1.46. The van der Waals surface area contributed by atoms with Gasteiger partial charge < -0.3 is 15.0 Å². The summed E-state index contributed by atoms with van der Waals surface area (Å²) in [7, 11) is 0.660. The second kappa shape index (κ2) is 4.91. The van der Waals surface area contributed by atoms with Gasteiger partial charge in [-0.1, -0.05) is 0 Å². The van der Waals surface area contributed by atoms with E-state index in [-0.39, 0.29) is 17.4 Å². The van der Waals surface area contributed by atoms with E-state index in [0.29, 0.717) is 24.3 Å². The Bertz CT molecular complexity index is 781. The Hall–Kier alpha value is -1.76. The number of rotatable bonds is 2. The largest absolute Gasteiger partial charge is 0.495 e. The Morgan fingerprint density at radius 3 is 2.62 bits per heavy atom. The number of sulfone groups is 1. The third-order valence-electron chi connectivity index (χ3n) is 4.19. The molecule has 1 aliphatic heterocycles. The van der Waals surface area contributed by atoms with Crippen LogP contribution in [0, 0.1) is 0 Å². The van der Waals surface area contributed by atoms with E-state index in [4.69, 9.17) is 10.5 Å². The van der Waals surface area contributed by atoms with Crippen LogP contribution in [0.4, 0.5) is 5.69 Å². The molecule has 1 saturated heterocycles. The lowest BCUT2D eigenvalue weighted by Gasteiger charge is -2.21. The van der Waals surface area contributed by atoms with Crippen LogP contribution < -0.4 is 10.5 Å². The summed E-state index contributed by atoms with van der Waals surface area (Å²) in [5.74, 6) is 2.20. The van der Waals surface area contributed by atoms with Gasteiger partial charge in [-0.25, -0.2) is 13.4 Å². The Morgan fingerprint density at radius 2 is 2.00 bits per heavy atom. The molecule has 1 aliphatic rings. The SMILES string of the molecule is COc1cc2nc(C3CCS(=O)(=O)CC3)n(C)c2cc1N. The van der Waals surface area contributed by atoms with Gasteiger partial charge in [-0.3, -0.25) is 0 Å². The van der Waals surface area contributed by atoms with Gasteiger partial charge in [-0.15, -0.1) is 0 Å². The average Bonchev–Trinajstić information content (AvgIpc) is 2.75. The second-order valence-electron chi connectivity index (χ2n) is 5.54. The highest BCUT2D eigenvalue weighted by Crippen LogP contribution is 2.33. The minimum Gasteiger partial charge on any atom is -0.495 e. The highest BCUT2D eigenvalue weighted by molar-refractivity contribution is 7.91. The molecule has 114 valence electrons. The van der Waals surface area contributed by atoms with Crippen molar-refractivity contribution in [1.82, 2.24) is 9.55 Å². The van der Waals surface area contributed by atoms with E-state index in [9.17, 15) is 8.42 Å². The molecule has 21 heavy (non-hydrogen) atoms. The van der Waals surface area contributed by atoms with E-state index >= 15 is 0 Å². The molecule has 0 radical (unpaired) electrons. The fourth-order valence-corrected chi connectivity index (χ4v) is 4.44. The number of hydrogen-bond acceptors (Lipinski definition) is 5. The Kier molecular flexibility index (Phi) is 3.32. The highest BCUT2D eigenvalue weighted by atomic mass is 32.2. The maximum absolute atomic E-state index is 11.6. The van der Waals surface area contributed by atoms with Gasteiger partial charge in [-0.05, 0) is 18.9 Å². The Morgan fingerprint density at radius 1 is 1.33 bits per heavy atom. The number of hydrogen-bond donors (Lipinski definition) is 1. The fraction of sp³-hybridized carbons (Fsp3) is 0.500. The monoisotopic (exact) mass is 309 g/mol. The third kappa shape index (κ3) is 2.46. The lowest BCUT2D eigenvalue weighted by atomic mass is 10.0. The lowest BCUT2D eigenvalue weighted by molar-refractivity contribution is 0.417. The first-order valence-electron chi connectivity index (χ1n) is 6.91. The number of nitrogens with two attached hydrogens (primary N) is 1. The number of benzene rings is 1. The van der Waals surface area contributed by atoms with Crippen LogP contribution >= 0.6 is 0 Å². The number of aryl methyl sites for hydroxylation is 1. The smallest absolute Gasteiger partial charge is 0.150 e. The number of imidazole rings is 1. The lowest BCUT2D eigenvalue weighted by Crippen LogP contribution is -2.23. The molecular formula is C14H19N3O3S. The van der Waals surface area contributed by atoms with Gasteiger partial charge >= 0.3 is 0 Å². The first-order valence-corrected chi connectivity index (χ1v) is 8.73. The van der Waals surface area contributed by atoms with Crippen LogP contribution in [0.15, 0.2) is 12.1 Å². The van der Waals surface area contributed by atoms with E-state index in [1.54, 1.807) is 7.11 Å². The highest BCUT2D eigenvalue weighted by Gasteiger charge is 2.28. The first kappa shape index (κ1) is 14.2. The van der Waals surface area contributed by atoms with Crippen molar-refractivity contribution in [1.29, 1.82) is 0 Å². The molecule has 1 aromatic carbocycles. The summed E-state index contributed by atoms with van der Waals surface area (Å²) in [5.41, 5.74) is 8.29. The summed E-state index contributed by atoms with van der Waals surface area (Å²) < 4.78 is 30.3. The third-order valence-corrected chi connectivity index (χ3v) is 5.90. The molecule has 0 amide bonds. The van der Waals surface area contributed by atoms with Crippen LogP contribution in [-0.2, 0) is 16.9 Å². The van der Waals surface area contributed by atoms with Crippen LogP contribution in [-0.4, -0.2) is 36.6 Å². The number of nitrogens with zero attached hydrogens (tertiary/aromatic N) is 2. The predicted molar refractivity (Wildman–Crippen MR) is 82.3 cm³/mol. The molecule has 0 aliphatic carbocycles. The van der Waals surface area contributed by atoms with Gasteiger partial charge in [0.25, 0.3) is 0 Å². The van der Waals surface area contributed by atoms with Crippen molar-refractivity contribution in [3.8, 4) is 5.75 Å². The number of anilines is 1. The van der Waals surface area contributed by atoms with Crippen LogP contribution in [0.2, 0.25) is 0 Å². The van der Waals surface area contributed by atoms with Crippen molar-refractivity contribution in [2.45, 2.75) is 18.8 Å². The summed E-state index contributed by atoms with van der Waals surface area (Å²) in [4.78, 5) is 4.67. The van der Waals surface area contributed by atoms with Crippen LogP contribution in [0.3, 0.4) is 0 Å². The zero-order chi connectivity index (χ0) is 15.2. The van der Waals surface area contributed by atoms with Crippen molar-refractivity contribution >= 4 is 26.6 Å². The summed E-state index contributed by atoms with van der Waals surface area (Å²) in [6.45, 7) is 0. The second-order valence-corrected chi connectivity index (χ2v) is 7.84. The van der Waals surface area contributed by atoms with Crippen molar-refractivity contribution in [3.05, 3.63) is 18.0 Å². The van der Waals surface area contributed by atoms with E-state index in [0.717, 1.165) is 16.9 Å². The molecule has 7 heteroatoms. The quantitative estimate of drug-likeness (QED) is 0.849. The van der Waals surface area contributed by atoms with Crippen molar-refractivity contribution < 1.29 is 13.2 Å². The molecule has 1 aromatic heterocycles. The topological polar surface area (TPSA) is 87.2 Å². The minimum atomic E-state index is -2.86. The van der Waals surface area contributed by atoms with Gasteiger partial charge in [0.2, 0.25) is 0 Å². The average molecular weight is 309 g/mol. The van der Waals surface area contributed by atoms with Gasteiger partial charge in [0, 0.05) is 19.0 Å². The summed E-state index contributed by atoms with van der Waals surface area (Å²) in [6, 6.07) is 3.68. The van der Waals surface area contributed by atoms with Crippen molar-refractivity contribution in [2.75, 3.05) is 24.3 Å². The number of ether oxygens (including phenoxy) is 1. The molecule has 6 nitrogen and oxygen atoms in total. The molecular weight excluding hydrogens is 290 g/mol. The van der Waals surface area contributed by atoms with Crippen molar-refractivity contribution in [2.24, 2.45) is 7.05 Å². The fourth-order valence-electron chi connectivity index (χ4n) is 2.94. The van der Waals surface area contributed by atoms with E-state index in [1.165, 1.54) is 0 Å². The van der Waals surface area contributed by atoms with Crippen LogP contribution in [0.1, 0.15) is 24.6 Å². The molecule has 2 heterocycles. The van der Waals surface area contributed by atoms with E-state index < -0.39 is 9.84 Å². The Balaban J connectivity index is 2.02. The summed E-state index contributed by atoms with van der Waals surface area (Å²) in [6.07, 6.45) is 1.26. The molecule has 0 saturated carbocycles. The maximum atomic E-state index is 11.6. The number of aromatic nitrogens is 2. The number of fused-ring (bicyclic) bond motifs is 1. The maximum Gasteiger partial charge on any atom is 0.150 e. The zero-order valence-electron chi connectivity index (χ0n) is 12.2. The van der Waals surface area contributed by atoms with E-state index in [1.807, 2.05) is 23.7 Å². The molecule has 0 bridgehead atoms. The number of methoxy groups -OCH3 is 1. The molecule has 2 N–H and O–H groups in total. The van der Waals surface area contributed by atoms with Gasteiger partial charge in [0.15, 0.2) is 0 Å². The summed E-state index contributed by atoms with van der Waals surface area (Å²) >= 11 is 0. The van der Waals surface area contributed by atoms with Crippen LogP contribution in [0.25, 0.3) is 11.0 Å². The van der Waals surface area contributed by atoms with Gasteiger partial charge in [0.1, 0.15) is 21.4 Å².